The first-order valence-corrected chi connectivity index (χ1v) is 6.01. The normalized spacial score (nSPS) is 16.0. The van der Waals surface area contributed by atoms with Crippen LogP contribution < -0.4 is 5.32 Å². The Balaban J connectivity index is 1.81. The molecular formula is C12H13NS. The third-order valence-corrected chi connectivity index (χ3v) is 3.64. The number of fused-ring (bicyclic) bond motifs is 1. The number of thiophene rings is 1. The van der Waals surface area contributed by atoms with Crippen LogP contribution in [0.25, 0.3) is 10.1 Å². The van der Waals surface area contributed by atoms with E-state index in [2.05, 4.69) is 35.0 Å². The topological polar surface area (TPSA) is 12.0 Å². The zero-order valence-electron chi connectivity index (χ0n) is 7.99. The SMILES string of the molecule is c1cc2cc(NCC3CC3)ccc2s1. The van der Waals surface area contributed by atoms with E-state index in [1.54, 1.807) is 11.3 Å². The van der Waals surface area contributed by atoms with Gasteiger partial charge in [0.25, 0.3) is 0 Å². The molecule has 0 amide bonds. The first-order valence-electron chi connectivity index (χ1n) is 5.13. The Kier molecular flexibility index (Phi) is 1.95. The van der Waals surface area contributed by atoms with Crippen LogP contribution in [0.2, 0.25) is 0 Å². The lowest BCUT2D eigenvalue weighted by molar-refractivity contribution is 0.890. The van der Waals surface area contributed by atoms with Gasteiger partial charge in [0.2, 0.25) is 0 Å². The van der Waals surface area contributed by atoms with Crippen LogP contribution in [-0.4, -0.2) is 6.54 Å². The Morgan fingerprint density at radius 1 is 1.29 bits per heavy atom. The summed E-state index contributed by atoms with van der Waals surface area (Å²) in [4.78, 5) is 0. The fourth-order valence-electron chi connectivity index (χ4n) is 1.66. The van der Waals surface area contributed by atoms with Crippen molar-refractivity contribution in [3.8, 4) is 0 Å². The van der Waals surface area contributed by atoms with E-state index in [0.29, 0.717) is 0 Å². The van der Waals surface area contributed by atoms with Crippen LogP contribution in [0.5, 0.6) is 0 Å². The maximum absolute atomic E-state index is 3.49. The molecule has 1 aliphatic carbocycles. The van der Waals surface area contributed by atoms with E-state index in [1.165, 1.54) is 28.6 Å². The van der Waals surface area contributed by atoms with Gasteiger partial charge in [-0.15, -0.1) is 11.3 Å². The second-order valence-corrected chi connectivity index (χ2v) is 4.95. The molecule has 0 saturated heterocycles. The van der Waals surface area contributed by atoms with Crippen molar-refractivity contribution in [3.05, 3.63) is 29.6 Å². The Hall–Kier alpha value is -1.02. The second-order valence-electron chi connectivity index (χ2n) is 4.00. The van der Waals surface area contributed by atoms with Gasteiger partial charge in [0.15, 0.2) is 0 Å². The van der Waals surface area contributed by atoms with Crippen molar-refractivity contribution in [3.63, 3.8) is 0 Å². The summed E-state index contributed by atoms with van der Waals surface area (Å²) in [5, 5.41) is 7.00. The second kappa shape index (κ2) is 3.28. The molecule has 1 N–H and O–H groups in total. The van der Waals surface area contributed by atoms with E-state index < -0.39 is 0 Å². The van der Waals surface area contributed by atoms with Gasteiger partial charge in [-0.1, -0.05) is 0 Å². The van der Waals surface area contributed by atoms with Crippen molar-refractivity contribution in [2.75, 3.05) is 11.9 Å². The molecule has 3 rings (SSSR count). The average molecular weight is 203 g/mol. The predicted octanol–water partition coefficient (Wildman–Crippen LogP) is 3.72. The molecule has 0 spiro atoms. The maximum atomic E-state index is 3.49. The lowest BCUT2D eigenvalue weighted by atomic mass is 10.2. The van der Waals surface area contributed by atoms with Gasteiger partial charge < -0.3 is 5.32 Å². The minimum Gasteiger partial charge on any atom is -0.385 e. The van der Waals surface area contributed by atoms with Crippen molar-refractivity contribution in [1.82, 2.24) is 0 Å². The largest absolute Gasteiger partial charge is 0.385 e. The van der Waals surface area contributed by atoms with Crippen LogP contribution in [-0.2, 0) is 0 Å². The van der Waals surface area contributed by atoms with E-state index in [-0.39, 0.29) is 0 Å². The molecule has 1 aromatic carbocycles. The molecule has 1 fully saturated rings. The minimum absolute atomic E-state index is 0.938. The average Bonchev–Trinajstić information content (AvgIpc) is 2.92. The summed E-state index contributed by atoms with van der Waals surface area (Å²) >= 11 is 1.80. The molecule has 0 unspecified atom stereocenters. The summed E-state index contributed by atoms with van der Waals surface area (Å²) in [6.07, 6.45) is 2.82. The van der Waals surface area contributed by atoms with Crippen LogP contribution >= 0.6 is 11.3 Å². The lowest BCUT2D eigenvalue weighted by Crippen LogP contribution is -2.02. The molecule has 1 aliphatic rings. The zero-order valence-corrected chi connectivity index (χ0v) is 8.81. The zero-order chi connectivity index (χ0) is 9.38. The lowest BCUT2D eigenvalue weighted by Gasteiger charge is -2.04. The van der Waals surface area contributed by atoms with E-state index >= 15 is 0 Å². The molecule has 0 atom stereocenters. The molecule has 72 valence electrons. The molecule has 0 aliphatic heterocycles. The summed E-state index contributed by atoms with van der Waals surface area (Å²) in [7, 11) is 0. The summed E-state index contributed by atoms with van der Waals surface area (Å²) in [5.41, 5.74) is 1.27. The summed E-state index contributed by atoms with van der Waals surface area (Å²) in [6.45, 7) is 1.15. The van der Waals surface area contributed by atoms with Gasteiger partial charge in [-0.3, -0.25) is 0 Å². The number of benzene rings is 1. The molecule has 1 heterocycles. The van der Waals surface area contributed by atoms with Crippen LogP contribution in [0.1, 0.15) is 12.8 Å². The molecule has 14 heavy (non-hydrogen) atoms. The van der Waals surface area contributed by atoms with Gasteiger partial charge in [0.05, 0.1) is 0 Å². The molecule has 0 radical (unpaired) electrons. The van der Waals surface area contributed by atoms with E-state index in [0.717, 1.165) is 12.5 Å². The van der Waals surface area contributed by atoms with Crippen LogP contribution in [0.4, 0.5) is 5.69 Å². The first-order chi connectivity index (χ1) is 6.92. The van der Waals surface area contributed by atoms with Gasteiger partial charge in [-0.25, -0.2) is 0 Å². The summed E-state index contributed by atoms with van der Waals surface area (Å²) in [6, 6.07) is 8.81. The van der Waals surface area contributed by atoms with E-state index in [1.807, 2.05) is 0 Å². The highest BCUT2D eigenvalue weighted by Gasteiger charge is 2.20. The van der Waals surface area contributed by atoms with Crippen molar-refractivity contribution < 1.29 is 0 Å². The maximum Gasteiger partial charge on any atom is 0.0347 e. The van der Waals surface area contributed by atoms with E-state index in [9.17, 15) is 0 Å². The molecule has 2 heteroatoms. The monoisotopic (exact) mass is 203 g/mol. The molecular weight excluding hydrogens is 190 g/mol. The highest BCUT2D eigenvalue weighted by atomic mass is 32.1. The molecule has 1 aromatic heterocycles. The molecule has 1 saturated carbocycles. The number of hydrogen-bond donors (Lipinski definition) is 1. The third-order valence-electron chi connectivity index (χ3n) is 2.74. The molecule has 2 aromatic rings. The van der Waals surface area contributed by atoms with Gasteiger partial charge in [0.1, 0.15) is 0 Å². The van der Waals surface area contributed by atoms with Gasteiger partial charge in [0, 0.05) is 16.9 Å². The Labute approximate surface area is 87.8 Å². The quantitative estimate of drug-likeness (QED) is 0.801. The predicted molar refractivity (Wildman–Crippen MR) is 63.0 cm³/mol. The standard InChI is InChI=1S/C12H13NS/c1-2-9(1)8-13-11-3-4-12-10(7-11)5-6-14-12/h3-7,9,13H,1-2,8H2. The number of hydrogen-bond acceptors (Lipinski definition) is 2. The Bertz CT molecular complexity index is 442. The molecule has 0 bridgehead atoms. The molecule has 1 nitrogen and oxygen atoms in total. The summed E-state index contributed by atoms with van der Waals surface area (Å²) < 4.78 is 1.38. The number of anilines is 1. The van der Waals surface area contributed by atoms with Crippen molar-refractivity contribution in [2.45, 2.75) is 12.8 Å². The smallest absolute Gasteiger partial charge is 0.0347 e. The van der Waals surface area contributed by atoms with Crippen molar-refractivity contribution in [2.24, 2.45) is 5.92 Å². The number of nitrogens with one attached hydrogen (secondary N) is 1. The van der Waals surface area contributed by atoms with Crippen molar-refractivity contribution >= 4 is 27.1 Å². The Morgan fingerprint density at radius 2 is 2.21 bits per heavy atom. The van der Waals surface area contributed by atoms with Gasteiger partial charge in [-0.05, 0) is 53.8 Å². The van der Waals surface area contributed by atoms with Crippen molar-refractivity contribution in [1.29, 1.82) is 0 Å². The summed E-state index contributed by atoms with van der Waals surface area (Å²) in [5.74, 6) is 0.938. The fourth-order valence-corrected chi connectivity index (χ4v) is 2.43. The third kappa shape index (κ3) is 1.62. The van der Waals surface area contributed by atoms with Crippen LogP contribution in [0.15, 0.2) is 29.6 Å². The highest BCUT2D eigenvalue weighted by Crippen LogP contribution is 2.30. The van der Waals surface area contributed by atoms with E-state index in [4.69, 9.17) is 0 Å². The van der Waals surface area contributed by atoms with Gasteiger partial charge in [-0.2, -0.15) is 0 Å². The fraction of sp³-hybridized carbons (Fsp3) is 0.333. The van der Waals surface area contributed by atoms with Gasteiger partial charge >= 0.3 is 0 Å². The highest BCUT2D eigenvalue weighted by molar-refractivity contribution is 7.17. The first kappa shape index (κ1) is 8.30. The number of rotatable bonds is 3. The van der Waals surface area contributed by atoms with Crippen LogP contribution in [0, 0.1) is 5.92 Å². The van der Waals surface area contributed by atoms with Crippen LogP contribution in [0.3, 0.4) is 0 Å². The Morgan fingerprint density at radius 3 is 3.07 bits per heavy atom. The minimum atomic E-state index is 0.938.